The lowest BCUT2D eigenvalue weighted by Gasteiger charge is -2.10. The SMILES string of the molecule is C/C(=C/C(=O)Nc1ccc(-n2ccnc2)cc1C(=O)O)c1ccc2ccccc2c1. The standard InChI is InChI=1S/C24H19N3O3/c1-16(18-7-6-17-4-2-3-5-19(17)13-18)12-23(28)26-22-9-8-20(14-21(22)24(29)30)27-11-10-25-15-27/h2-15H,1H3,(H,26,28)(H,29,30)/b16-12-. The minimum Gasteiger partial charge on any atom is -0.478 e. The third-order valence-electron chi connectivity index (χ3n) is 4.85. The number of imidazole rings is 1. The molecule has 2 N–H and O–H groups in total. The maximum Gasteiger partial charge on any atom is 0.337 e. The van der Waals surface area contributed by atoms with E-state index < -0.39 is 11.9 Å². The molecule has 4 aromatic rings. The molecule has 6 heteroatoms. The molecule has 0 radical (unpaired) electrons. The summed E-state index contributed by atoms with van der Waals surface area (Å²) in [6.07, 6.45) is 6.37. The molecule has 148 valence electrons. The summed E-state index contributed by atoms with van der Waals surface area (Å²) in [4.78, 5) is 28.2. The van der Waals surface area contributed by atoms with Gasteiger partial charge in [-0.2, -0.15) is 0 Å². The number of carboxylic acid groups (broad SMARTS) is 1. The van der Waals surface area contributed by atoms with Gasteiger partial charge in [0.2, 0.25) is 5.91 Å². The van der Waals surface area contributed by atoms with Crippen molar-refractivity contribution < 1.29 is 14.7 Å². The van der Waals surface area contributed by atoms with Crippen molar-refractivity contribution in [1.29, 1.82) is 0 Å². The minimum absolute atomic E-state index is 0.00584. The maximum atomic E-state index is 12.6. The Kier molecular flexibility index (Phi) is 5.13. The van der Waals surface area contributed by atoms with Gasteiger partial charge in [-0.3, -0.25) is 4.79 Å². The highest BCUT2D eigenvalue weighted by molar-refractivity contribution is 6.07. The quantitative estimate of drug-likeness (QED) is 0.475. The number of fused-ring (bicyclic) bond motifs is 1. The molecule has 0 bridgehead atoms. The summed E-state index contributed by atoms with van der Waals surface area (Å²) >= 11 is 0. The molecular weight excluding hydrogens is 378 g/mol. The number of nitrogens with one attached hydrogen (secondary N) is 1. The molecule has 4 rings (SSSR count). The molecule has 0 aliphatic heterocycles. The topological polar surface area (TPSA) is 84.2 Å². The first kappa shape index (κ1) is 19.1. The third kappa shape index (κ3) is 3.98. The zero-order valence-electron chi connectivity index (χ0n) is 16.2. The van der Waals surface area contributed by atoms with Gasteiger partial charge in [0.05, 0.1) is 17.6 Å². The van der Waals surface area contributed by atoms with Crippen molar-refractivity contribution in [3.05, 3.63) is 96.6 Å². The molecule has 0 spiro atoms. The Morgan fingerprint density at radius 3 is 2.57 bits per heavy atom. The highest BCUT2D eigenvalue weighted by Gasteiger charge is 2.14. The second kappa shape index (κ2) is 8.05. The largest absolute Gasteiger partial charge is 0.478 e. The van der Waals surface area contributed by atoms with E-state index in [4.69, 9.17) is 0 Å². The van der Waals surface area contributed by atoms with Gasteiger partial charge < -0.3 is 15.0 Å². The van der Waals surface area contributed by atoms with Gasteiger partial charge in [0.25, 0.3) is 0 Å². The van der Waals surface area contributed by atoms with Crippen LogP contribution in [0.4, 0.5) is 5.69 Å². The summed E-state index contributed by atoms with van der Waals surface area (Å²) in [5.74, 6) is -1.51. The van der Waals surface area contributed by atoms with Crippen molar-refractivity contribution in [2.24, 2.45) is 0 Å². The Morgan fingerprint density at radius 1 is 1.03 bits per heavy atom. The second-order valence-corrected chi connectivity index (χ2v) is 6.88. The van der Waals surface area contributed by atoms with Gasteiger partial charge in [-0.15, -0.1) is 0 Å². The fourth-order valence-corrected chi connectivity index (χ4v) is 3.27. The van der Waals surface area contributed by atoms with Gasteiger partial charge in [0.1, 0.15) is 0 Å². The maximum absolute atomic E-state index is 12.6. The number of aromatic carboxylic acids is 1. The van der Waals surface area contributed by atoms with Crippen molar-refractivity contribution in [2.45, 2.75) is 6.92 Å². The molecule has 1 aromatic heterocycles. The number of benzene rings is 3. The first-order chi connectivity index (χ1) is 14.5. The summed E-state index contributed by atoms with van der Waals surface area (Å²) in [7, 11) is 0. The van der Waals surface area contributed by atoms with E-state index in [9.17, 15) is 14.7 Å². The van der Waals surface area contributed by atoms with Crippen LogP contribution in [0.3, 0.4) is 0 Å². The van der Waals surface area contributed by atoms with Crippen LogP contribution in [0.15, 0.2) is 85.5 Å². The molecule has 1 amide bonds. The molecule has 0 atom stereocenters. The molecule has 3 aromatic carbocycles. The molecule has 0 aliphatic carbocycles. The first-order valence-corrected chi connectivity index (χ1v) is 9.35. The van der Waals surface area contributed by atoms with Crippen LogP contribution in [-0.2, 0) is 4.79 Å². The number of carbonyl (C=O) groups excluding carboxylic acids is 1. The molecular formula is C24H19N3O3. The van der Waals surface area contributed by atoms with Crippen LogP contribution >= 0.6 is 0 Å². The summed E-state index contributed by atoms with van der Waals surface area (Å²) < 4.78 is 1.70. The van der Waals surface area contributed by atoms with Crippen molar-refractivity contribution in [3.8, 4) is 5.69 Å². The van der Waals surface area contributed by atoms with Crippen LogP contribution in [0.1, 0.15) is 22.8 Å². The monoisotopic (exact) mass is 397 g/mol. The normalized spacial score (nSPS) is 11.4. The Hall–Kier alpha value is -4.19. The lowest BCUT2D eigenvalue weighted by Crippen LogP contribution is -2.13. The number of hydrogen-bond acceptors (Lipinski definition) is 3. The molecule has 30 heavy (non-hydrogen) atoms. The van der Waals surface area contributed by atoms with E-state index in [1.54, 1.807) is 35.4 Å². The van der Waals surface area contributed by atoms with Crippen LogP contribution in [0.2, 0.25) is 0 Å². The van der Waals surface area contributed by atoms with E-state index in [0.29, 0.717) is 5.69 Å². The number of anilines is 1. The minimum atomic E-state index is -1.12. The number of allylic oxidation sites excluding steroid dienone is 1. The van der Waals surface area contributed by atoms with Gasteiger partial charge >= 0.3 is 5.97 Å². The van der Waals surface area contributed by atoms with Gasteiger partial charge in [0, 0.05) is 24.2 Å². The van der Waals surface area contributed by atoms with Crippen LogP contribution in [0.5, 0.6) is 0 Å². The number of aromatic nitrogens is 2. The average Bonchev–Trinajstić information content (AvgIpc) is 3.28. The Morgan fingerprint density at radius 2 is 1.83 bits per heavy atom. The molecule has 0 saturated carbocycles. The number of carboxylic acids is 1. The van der Waals surface area contributed by atoms with Crippen LogP contribution in [0.25, 0.3) is 22.0 Å². The highest BCUT2D eigenvalue weighted by atomic mass is 16.4. The van der Waals surface area contributed by atoms with Gasteiger partial charge in [-0.25, -0.2) is 9.78 Å². The molecule has 6 nitrogen and oxygen atoms in total. The fourth-order valence-electron chi connectivity index (χ4n) is 3.27. The molecule has 0 unspecified atom stereocenters. The summed E-state index contributed by atoms with van der Waals surface area (Å²) in [6, 6.07) is 18.8. The molecule has 0 aliphatic rings. The fraction of sp³-hybridized carbons (Fsp3) is 0.0417. The number of hydrogen-bond donors (Lipinski definition) is 2. The second-order valence-electron chi connectivity index (χ2n) is 6.88. The van der Waals surface area contributed by atoms with E-state index in [2.05, 4.69) is 10.3 Å². The predicted molar refractivity (Wildman–Crippen MR) is 117 cm³/mol. The predicted octanol–water partition coefficient (Wildman–Crippen LogP) is 4.77. The Labute approximate surface area is 173 Å². The lowest BCUT2D eigenvalue weighted by molar-refractivity contribution is -0.111. The van der Waals surface area contributed by atoms with E-state index in [0.717, 1.165) is 21.9 Å². The zero-order chi connectivity index (χ0) is 21.1. The van der Waals surface area contributed by atoms with E-state index in [1.165, 1.54) is 12.1 Å². The van der Waals surface area contributed by atoms with Crippen molar-refractivity contribution in [2.75, 3.05) is 5.32 Å². The van der Waals surface area contributed by atoms with Crippen LogP contribution in [-0.4, -0.2) is 26.5 Å². The number of carbonyl (C=O) groups is 2. The number of amides is 1. The summed E-state index contributed by atoms with van der Waals surface area (Å²) in [5, 5.41) is 14.5. The van der Waals surface area contributed by atoms with Gasteiger partial charge in [-0.1, -0.05) is 36.4 Å². The van der Waals surface area contributed by atoms with Crippen LogP contribution < -0.4 is 5.32 Å². The summed E-state index contributed by atoms with van der Waals surface area (Å²) in [6.45, 7) is 1.85. The summed E-state index contributed by atoms with van der Waals surface area (Å²) in [5.41, 5.74) is 2.60. The highest BCUT2D eigenvalue weighted by Crippen LogP contribution is 2.23. The average molecular weight is 397 g/mol. The Balaban J connectivity index is 1.58. The van der Waals surface area contributed by atoms with Crippen molar-refractivity contribution in [3.63, 3.8) is 0 Å². The first-order valence-electron chi connectivity index (χ1n) is 9.35. The third-order valence-corrected chi connectivity index (χ3v) is 4.85. The van der Waals surface area contributed by atoms with E-state index >= 15 is 0 Å². The zero-order valence-corrected chi connectivity index (χ0v) is 16.2. The van der Waals surface area contributed by atoms with Crippen LogP contribution in [0, 0.1) is 0 Å². The smallest absolute Gasteiger partial charge is 0.337 e. The lowest BCUT2D eigenvalue weighted by atomic mass is 10.0. The number of nitrogens with zero attached hydrogens (tertiary/aromatic N) is 2. The molecule has 1 heterocycles. The van der Waals surface area contributed by atoms with Gasteiger partial charge in [-0.05, 0) is 53.1 Å². The van der Waals surface area contributed by atoms with E-state index in [1.807, 2.05) is 49.4 Å². The molecule has 0 fully saturated rings. The molecule has 0 saturated heterocycles. The Bertz CT molecular complexity index is 1270. The van der Waals surface area contributed by atoms with E-state index in [-0.39, 0.29) is 11.3 Å². The van der Waals surface area contributed by atoms with Gasteiger partial charge in [0.15, 0.2) is 0 Å². The van der Waals surface area contributed by atoms with Crippen molar-refractivity contribution >= 4 is 33.9 Å². The van der Waals surface area contributed by atoms with Crippen molar-refractivity contribution in [1.82, 2.24) is 9.55 Å². The number of rotatable bonds is 5.